The van der Waals surface area contributed by atoms with Gasteiger partial charge in [-0.2, -0.15) is 0 Å². The number of aliphatic hydroxyl groups is 1. The van der Waals surface area contributed by atoms with E-state index in [1.807, 2.05) is 4.90 Å². The second-order valence-corrected chi connectivity index (χ2v) is 7.26. The Morgan fingerprint density at radius 2 is 2.35 bits per heavy atom. The van der Waals surface area contributed by atoms with E-state index in [1.54, 1.807) is 23.9 Å². The van der Waals surface area contributed by atoms with Gasteiger partial charge in [-0.15, -0.1) is 11.3 Å². The third-order valence-electron chi connectivity index (χ3n) is 4.76. The average molecular weight is 332 g/mol. The lowest BCUT2D eigenvalue weighted by molar-refractivity contribution is 0.0644. The fourth-order valence-electron chi connectivity index (χ4n) is 3.40. The van der Waals surface area contributed by atoms with Crippen LogP contribution in [0.5, 0.6) is 0 Å². The molecule has 2 atom stereocenters. The van der Waals surface area contributed by atoms with Crippen molar-refractivity contribution < 1.29 is 14.3 Å². The number of amides is 1. The molecule has 1 saturated heterocycles. The van der Waals surface area contributed by atoms with Crippen LogP contribution in [-0.2, 0) is 0 Å². The van der Waals surface area contributed by atoms with Crippen molar-refractivity contribution in [2.45, 2.75) is 50.2 Å². The summed E-state index contributed by atoms with van der Waals surface area (Å²) in [5, 5.41) is 10.3. The number of rotatable bonds is 5. The number of nitrogens with zero attached hydrogens (tertiary/aromatic N) is 2. The van der Waals surface area contributed by atoms with Crippen LogP contribution in [-0.4, -0.2) is 33.5 Å². The van der Waals surface area contributed by atoms with Crippen molar-refractivity contribution in [1.29, 1.82) is 0 Å². The summed E-state index contributed by atoms with van der Waals surface area (Å²) < 4.78 is 5.27. The summed E-state index contributed by atoms with van der Waals surface area (Å²) in [5.74, 6) is 1.14. The molecule has 2 unspecified atom stereocenters. The van der Waals surface area contributed by atoms with Gasteiger partial charge in [0.15, 0.2) is 0 Å². The molecular weight excluding hydrogens is 312 g/mol. The van der Waals surface area contributed by atoms with Gasteiger partial charge in [-0.3, -0.25) is 4.79 Å². The minimum atomic E-state index is -0.659. The van der Waals surface area contributed by atoms with E-state index < -0.39 is 6.10 Å². The molecule has 6 heteroatoms. The largest absolute Gasteiger partial charge is 0.467 e. The van der Waals surface area contributed by atoms with Crippen molar-refractivity contribution in [2.24, 2.45) is 0 Å². The summed E-state index contributed by atoms with van der Waals surface area (Å²) in [4.78, 5) is 20.1. The second kappa shape index (κ2) is 6.09. The predicted octanol–water partition coefficient (Wildman–Crippen LogP) is 3.34. The number of thiazole rings is 1. The molecule has 1 aliphatic heterocycles. The highest BCUT2D eigenvalue weighted by Crippen LogP contribution is 2.42. The first-order chi connectivity index (χ1) is 11.2. The van der Waals surface area contributed by atoms with E-state index in [2.05, 4.69) is 4.98 Å². The molecule has 2 aliphatic rings. The highest BCUT2D eigenvalue weighted by Gasteiger charge is 2.36. The minimum absolute atomic E-state index is 0.0664. The Kier molecular flexibility index (Phi) is 3.95. The van der Waals surface area contributed by atoms with E-state index in [1.165, 1.54) is 11.3 Å². The summed E-state index contributed by atoms with van der Waals surface area (Å²) in [7, 11) is 0. The maximum atomic E-state index is 12.9. The van der Waals surface area contributed by atoms with E-state index >= 15 is 0 Å². The zero-order chi connectivity index (χ0) is 15.8. The predicted molar refractivity (Wildman–Crippen MR) is 86.4 cm³/mol. The first-order valence-electron chi connectivity index (χ1n) is 8.20. The molecule has 0 spiro atoms. The lowest BCUT2D eigenvalue weighted by Crippen LogP contribution is -2.36. The highest BCUT2D eigenvalue weighted by atomic mass is 32.1. The molecule has 2 aromatic heterocycles. The first kappa shape index (κ1) is 14.9. The van der Waals surface area contributed by atoms with E-state index in [-0.39, 0.29) is 11.9 Å². The Balaban J connectivity index is 1.48. The van der Waals surface area contributed by atoms with Crippen LogP contribution in [0.2, 0.25) is 0 Å². The third-order valence-corrected chi connectivity index (χ3v) is 5.59. The fourth-order valence-corrected chi connectivity index (χ4v) is 4.23. The lowest BCUT2D eigenvalue weighted by Gasteiger charge is -2.26. The monoisotopic (exact) mass is 332 g/mol. The Labute approximate surface area is 138 Å². The summed E-state index contributed by atoms with van der Waals surface area (Å²) >= 11 is 1.45. The molecule has 1 saturated carbocycles. The molecule has 0 radical (unpaired) electrons. The number of carbonyl (C=O) groups is 1. The molecular formula is C17H20N2O3S. The van der Waals surface area contributed by atoms with Crippen molar-refractivity contribution in [1.82, 2.24) is 9.88 Å². The molecule has 2 fully saturated rings. The molecule has 4 rings (SSSR count). The Bertz CT molecular complexity index is 678. The van der Waals surface area contributed by atoms with Crippen LogP contribution in [0.15, 0.2) is 28.3 Å². The smallest absolute Gasteiger partial charge is 0.266 e. The number of aliphatic hydroxyl groups excluding tert-OH is 1. The highest BCUT2D eigenvalue weighted by molar-refractivity contribution is 7.11. The quantitative estimate of drug-likeness (QED) is 0.912. The van der Waals surface area contributed by atoms with Crippen LogP contribution in [0.4, 0.5) is 0 Å². The van der Waals surface area contributed by atoms with Gasteiger partial charge in [0.2, 0.25) is 0 Å². The van der Waals surface area contributed by atoms with Crippen molar-refractivity contribution in [3.8, 4) is 0 Å². The number of carbonyl (C=O) groups excluding carboxylic acids is 1. The molecule has 5 nitrogen and oxygen atoms in total. The lowest BCUT2D eigenvalue weighted by atomic mass is 10.0. The molecule has 122 valence electrons. The van der Waals surface area contributed by atoms with E-state index in [9.17, 15) is 9.90 Å². The van der Waals surface area contributed by atoms with Crippen LogP contribution in [0, 0.1) is 0 Å². The normalized spacial score (nSPS) is 22.5. The molecule has 1 amide bonds. The van der Waals surface area contributed by atoms with E-state index in [4.69, 9.17) is 4.42 Å². The van der Waals surface area contributed by atoms with Crippen LogP contribution < -0.4 is 0 Å². The number of aromatic nitrogens is 1. The molecule has 0 aromatic carbocycles. The van der Waals surface area contributed by atoms with Crippen LogP contribution in [0.25, 0.3) is 0 Å². The van der Waals surface area contributed by atoms with Crippen molar-refractivity contribution in [3.05, 3.63) is 40.2 Å². The topological polar surface area (TPSA) is 66.6 Å². The molecule has 23 heavy (non-hydrogen) atoms. The number of likely N-dealkylation sites (tertiary alicyclic amines) is 1. The fraction of sp³-hybridized carbons (Fsp3) is 0.529. The van der Waals surface area contributed by atoms with Gasteiger partial charge in [-0.05, 0) is 37.8 Å². The van der Waals surface area contributed by atoms with Crippen molar-refractivity contribution in [2.75, 3.05) is 6.54 Å². The van der Waals surface area contributed by atoms with Gasteiger partial charge in [0.1, 0.15) is 16.7 Å². The molecule has 3 heterocycles. The average Bonchev–Trinajstić information content (AvgIpc) is 3.03. The number of hydrogen-bond donors (Lipinski definition) is 1. The first-order valence-corrected chi connectivity index (χ1v) is 9.08. The maximum absolute atomic E-state index is 12.9. The Morgan fingerprint density at radius 3 is 3.09 bits per heavy atom. The summed E-state index contributed by atoms with van der Waals surface area (Å²) in [6.45, 7) is 0.760. The van der Waals surface area contributed by atoms with E-state index in [0.717, 1.165) is 42.8 Å². The number of hydrogen-bond acceptors (Lipinski definition) is 5. The molecule has 2 aromatic rings. The van der Waals surface area contributed by atoms with Gasteiger partial charge in [0.05, 0.1) is 17.5 Å². The zero-order valence-corrected chi connectivity index (χ0v) is 13.7. The molecule has 1 N–H and O–H groups in total. The minimum Gasteiger partial charge on any atom is -0.467 e. The van der Waals surface area contributed by atoms with Crippen molar-refractivity contribution >= 4 is 17.2 Å². The Morgan fingerprint density at radius 1 is 1.48 bits per heavy atom. The molecule has 1 aliphatic carbocycles. The van der Waals surface area contributed by atoms with Crippen LogP contribution >= 0.6 is 11.3 Å². The summed E-state index contributed by atoms with van der Waals surface area (Å²) in [5.41, 5.74) is 2.76. The van der Waals surface area contributed by atoms with Gasteiger partial charge >= 0.3 is 0 Å². The van der Waals surface area contributed by atoms with Crippen molar-refractivity contribution in [3.63, 3.8) is 0 Å². The molecule has 0 bridgehead atoms. The Hall–Kier alpha value is -1.66. The SMILES string of the molecule is O=C(c1scnc1C1CC1)N1CCCC1CC(O)c1ccco1. The van der Waals surface area contributed by atoms with Gasteiger partial charge in [-0.25, -0.2) is 4.98 Å². The summed E-state index contributed by atoms with van der Waals surface area (Å²) in [6.07, 6.45) is 5.63. The zero-order valence-electron chi connectivity index (χ0n) is 12.9. The standard InChI is InChI=1S/C17H20N2O3S/c20-13(14-4-2-8-22-14)9-12-3-1-7-19(12)17(21)16-15(11-5-6-11)18-10-23-16/h2,4,8,10-13,20H,1,3,5-7,9H2. The number of furan rings is 1. The van der Waals surface area contributed by atoms with Gasteiger partial charge in [0.25, 0.3) is 5.91 Å². The van der Waals surface area contributed by atoms with E-state index in [0.29, 0.717) is 18.1 Å². The third kappa shape index (κ3) is 2.93. The van der Waals surface area contributed by atoms with Crippen LogP contribution in [0.3, 0.4) is 0 Å². The van der Waals surface area contributed by atoms with Gasteiger partial charge in [-0.1, -0.05) is 0 Å². The summed E-state index contributed by atoms with van der Waals surface area (Å²) in [6, 6.07) is 3.62. The second-order valence-electron chi connectivity index (χ2n) is 6.40. The maximum Gasteiger partial charge on any atom is 0.266 e. The van der Waals surface area contributed by atoms with Crippen LogP contribution in [0.1, 0.15) is 65.3 Å². The van der Waals surface area contributed by atoms with Gasteiger partial charge < -0.3 is 14.4 Å². The van der Waals surface area contributed by atoms with Gasteiger partial charge in [0, 0.05) is 24.9 Å².